The van der Waals surface area contributed by atoms with Crippen LogP contribution in [0.3, 0.4) is 0 Å². The smallest absolute Gasteiger partial charge is 0.263 e. The largest absolute Gasteiger partial charge is 0.479 e. The summed E-state index contributed by atoms with van der Waals surface area (Å²) in [4.78, 5) is 13.4. The van der Waals surface area contributed by atoms with Gasteiger partial charge in [0.05, 0.1) is 5.02 Å². The van der Waals surface area contributed by atoms with Crippen LogP contribution in [-0.2, 0) is 4.79 Å². The summed E-state index contributed by atoms with van der Waals surface area (Å²) in [5.41, 5.74) is 6.72. The molecule has 98 valence electrons. The first-order valence-corrected chi connectivity index (χ1v) is 6.33. The zero-order valence-electron chi connectivity index (χ0n) is 10.5. The number of benzene rings is 1. The molecule has 1 aromatic rings. The summed E-state index contributed by atoms with van der Waals surface area (Å²) in [7, 11) is 1.77. The summed E-state index contributed by atoms with van der Waals surface area (Å²) in [6.07, 6.45) is 0.273. The van der Waals surface area contributed by atoms with Crippen molar-refractivity contribution in [3.63, 3.8) is 0 Å². The second kappa shape index (κ2) is 5.16. The molecule has 1 aliphatic heterocycles. The van der Waals surface area contributed by atoms with E-state index in [4.69, 9.17) is 22.1 Å². The highest BCUT2D eigenvalue weighted by atomic mass is 35.5. The standard InChI is InChI=1S/C13H17ClN2O2/c1-8(15)9-3-4-11(10(14)7-9)18-12-5-6-16(2)13(12)17/h3-4,7-8,12H,5-6,15H2,1-2H3. The van der Waals surface area contributed by atoms with Crippen LogP contribution in [0.5, 0.6) is 5.75 Å². The van der Waals surface area contributed by atoms with Crippen LogP contribution in [-0.4, -0.2) is 30.5 Å². The lowest BCUT2D eigenvalue weighted by Gasteiger charge is -2.15. The van der Waals surface area contributed by atoms with Crippen molar-refractivity contribution < 1.29 is 9.53 Å². The van der Waals surface area contributed by atoms with Gasteiger partial charge < -0.3 is 15.4 Å². The van der Waals surface area contributed by atoms with E-state index in [9.17, 15) is 4.79 Å². The Morgan fingerprint density at radius 2 is 2.28 bits per heavy atom. The lowest BCUT2D eigenvalue weighted by atomic mass is 10.1. The number of likely N-dealkylation sites (tertiary alicyclic amines) is 1. The van der Waals surface area contributed by atoms with Crippen molar-refractivity contribution in [3.8, 4) is 5.75 Å². The summed E-state index contributed by atoms with van der Waals surface area (Å²) in [5.74, 6) is 0.539. The van der Waals surface area contributed by atoms with Gasteiger partial charge in [0, 0.05) is 26.1 Å². The van der Waals surface area contributed by atoms with E-state index in [1.54, 1.807) is 24.1 Å². The van der Waals surface area contributed by atoms with Gasteiger partial charge in [0.15, 0.2) is 6.10 Å². The van der Waals surface area contributed by atoms with Crippen LogP contribution < -0.4 is 10.5 Å². The number of ether oxygens (including phenoxy) is 1. The average molecular weight is 269 g/mol. The van der Waals surface area contributed by atoms with Gasteiger partial charge in [-0.1, -0.05) is 17.7 Å². The molecule has 0 radical (unpaired) electrons. The molecule has 4 nitrogen and oxygen atoms in total. The fraction of sp³-hybridized carbons (Fsp3) is 0.462. The maximum Gasteiger partial charge on any atom is 0.263 e. The van der Waals surface area contributed by atoms with E-state index in [1.807, 2.05) is 13.0 Å². The summed E-state index contributed by atoms with van der Waals surface area (Å²) in [6, 6.07) is 5.35. The van der Waals surface area contributed by atoms with E-state index in [2.05, 4.69) is 0 Å². The predicted octanol–water partition coefficient (Wildman–Crippen LogP) is 1.97. The van der Waals surface area contributed by atoms with Gasteiger partial charge in [-0.05, 0) is 24.6 Å². The molecule has 1 amide bonds. The molecule has 1 aliphatic rings. The van der Waals surface area contributed by atoms with E-state index in [0.29, 0.717) is 17.2 Å². The van der Waals surface area contributed by atoms with Crippen LogP contribution in [0.2, 0.25) is 5.02 Å². The van der Waals surface area contributed by atoms with Gasteiger partial charge in [0.2, 0.25) is 0 Å². The number of halogens is 1. The van der Waals surface area contributed by atoms with Crippen molar-refractivity contribution in [2.75, 3.05) is 13.6 Å². The Bertz CT molecular complexity index is 462. The minimum Gasteiger partial charge on any atom is -0.479 e. The normalized spacial score (nSPS) is 21.2. The summed E-state index contributed by atoms with van der Waals surface area (Å²) in [5, 5.41) is 0.493. The molecule has 2 rings (SSSR count). The second-order valence-corrected chi connectivity index (χ2v) is 5.04. The van der Waals surface area contributed by atoms with Crippen LogP contribution in [0.15, 0.2) is 18.2 Å². The molecule has 1 heterocycles. The SMILES string of the molecule is CC(N)c1ccc(OC2CCN(C)C2=O)c(Cl)c1. The monoisotopic (exact) mass is 268 g/mol. The third-order valence-corrected chi connectivity index (χ3v) is 3.42. The van der Waals surface area contributed by atoms with Crippen molar-refractivity contribution in [3.05, 3.63) is 28.8 Å². The zero-order chi connectivity index (χ0) is 13.3. The topological polar surface area (TPSA) is 55.6 Å². The Morgan fingerprint density at radius 3 is 2.78 bits per heavy atom. The Hall–Kier alpha value is -1.26. The number of carbonyl (C=O) groups is 1. The summed E-state index contributed by atoms with van der Waals surface area (Å²) in [6.45, 7) is 2.61. The molecular weight excluding hydrogens is 252 g/mol. The molecule has 1 aromatic carbocycles. The zero-order valence-corrected chi connectivity index (χ0v) is 11.3. The molecule has 0 saturated carbocycles. The van der Waals surface area contributed by atoms with Gasteiger partial charge >= 0.3 is 0 Å². The Kier molecular flexibility index (Phi) is 3.78. The molecule has 1 fully saturated rings. The van der Waals surface area contributed by atoms with E-state index in [1.165, 1.54) is 0 Å². The van der Waals surface area contributed by atoms with Crippen LogP contribution in [0.4, 0.5) is 0 Å². The molecule has 0 aromatic heterocycles. The molecule has 5 heteroatoms. The minimum absolute atomic E-state index is 0.00216. The molecular formula is C13H17ClN2O2. The van der Waals surface area contributed by atoms with E-state index in [0.717, 1.165) is 12.1 Å². The van der Waals surface area contributed by atoms with Gasteiger partial charge in [-0.15, -0.1) is 0 Å². The van der Waals surface area contributed by atoms with Crippen LogP contribution in [0, 0.1) is 0 Å². The summed E-state index contributed by atoms with van der Waals surface area (Å²) < 4.78 is 5.66. The van der Waals surface area contributed by atoms with E-state index >= 15 is 0 Å². The molecule has 2 N–H and O–H groups in total. The highest BCUT2D eigenvalue weighted by Crippen LogP contribution is 2.29. The number of hydrogen-bond acceptors (Lipinski definition) is 3. The molecule has 0 bridgehead atoms. The van der Waals surface area contributed by atoms with Crippen molar-refractivity contribution in [1.82, 2.24) is 4.90 Å². The van der Waals surface area contributed by atoms with Gasteiger partial charge in [0.25, 0.3) is 5.91 Å². The van der Waals surface area contributed by atoms with Crippen molar-refractivity contribution >= 4 is 17.5 Å². The maximum atomic E-state index is 11.7. The molecule has 1 saturated heterocycles. The maximum absolute atomic E-state index is 11.7. The third kappa shape index (κ3) is 2.60. The van der Waals surface area contributed by atoms with Gasteiger partial charge in [0.1, 0.15) is 5.75 Å². The highest BCUT2D eigenvalue weighted by Gasteiger charge is 2.31. The van der Waals surface area contributed by atoms with Gasteiger partial charge in [-0.2, -0.15) is 0 Å². The Morgan fingerprint density at radius 1 is 1.56 bits per heavy atom. The molecule has 2 unspecified atom stereocenters. The minimum atomic E-state index is -0.423. The first-order chi connectivity index (χ1) is 8.49. The lowest BCUT2D eigenvalue weighted by Crippen LogP contribution is -2.29. The van der Waals surface area contributed by atoms with Crippen LogP contribution in [0.1, 0.15) is 24.9 Å². The highest BCUT2D eigenvalue weighted by molar-refractivity contribution is 6.32. The number of rotatable bonds is 3. The first kappa shape index (κ1) is 13.2. The Balaban J connectivity index is 2.13. The van der Waals surface area contributed by atoms with E-state index < -0.39 is 6.10 Å². The number of carbonyl (C=O) groups excluding carboxylic acids is 1. The molecule has 0 aliphatic carbocycles. The van der Waals surface area contributed by atoms with Crippen LogP contribution >= 0.6 is 11.6 Å². The van der Waals surface area contributed by atoms with E-state index in [-0.39, 0.29) is 11.9 Å². The Labute approximate surface area is 112 Å². The number of hydrogen-bond donors (Lipinski definition) is 1. The first-order valence-electron chi connectivity index (χ1n) is 5.95. The fourth-order valence-electron chi connectivity index (χ4n) is 1.95. The van der Waals surface area contributed by atoms with Crippen molar-refractivity contribution in [2.45, 2.75) is 25.5 Å². The fourth-order valence-corrected chi connectivity index (χ4v) is 2.18. The number of nitrogens with zero attached hydrogens (tertiary/aromatic N) is 1. The quantitative estimate of drug-likeness (QED) is 0.912. The third-order valence-electron chi connectivity index (χ3n) is 3.13. The van der Waals surface area contributed by atoms with Gasteiger partial charge in [-0.3, -0.25) is 4.79 Å². The van der Waals surface area contributed by atoms with Gasteiger partial charge in [-0.25, -0.2) is 0 Å². The van der Waals surface area contributed by atoms with Crippen molar-refractivity contribution in [2.24, 2.45) is 5.73 Å². The number of amides is 1. The predicted molar refractivity (Wildman–Crippen MR) is 70.7 cm³/mol. The second-order valence-electron chi connectivity index (χ2n) is 4.63. The average Bonchev–Trinajstić information content (AvgIpc) is 2.63. The molecule has 2 atom stereocenters. The van der Waals surface area contributed by atoms with Crippen molar-refractivity contribution in [1.29, 1.82) is 0 Å². The molecule has 0 spiro atoms. The van der Waals surface area contributed by atoms with Crippen LogP contribution in [0.25, 0.3) is 0 Å². The molecule has 18 heavy (non-hydrogen) atoms. The number of nitrogens with two attached hydrogens (primary N) is 1. The lowest BCUT2D eigenvalue weighted by molar-refractivity contribution is -0.132. The number of likely N-dealkylation sites (N-methyl/N-ethyl adjacent to an activating group) is 1. The summed E-state index contributed by atoms with van der Waals surface area (Å²) >= 11 is 6.13.